The van der Waals surface area contributed by atoms with Crippen LogP contribution >= 0.6 is 15.9 Å². The van der Waals surface area contributed by atoms with E-state index < -0.39 is 0 Å². The minimum atomic E-state index is -0.285. The van der Waals surface area contributed by atoms with Crippen LogP contribution < -0.4 is 10.6 Å². The van der Waals surface area contributed by atoms with Crippen LogP contribution in [0.15, 0.2) is 41.1 Å². The van der Waals surface area contributed by atoms with Crippen LogP contribution in [0.2, 0.25) is 0 Å². The van der Waals surface area contributed by atoms with Gasteiger partial charge in [-0.05, 0) is 32.0 Å². The number of anilines is 2. The summed E-state index contributed by atoms with van der Waals surface area (Å²) in [4.78, 5) is 20.3. The Labute approximate surface area is 126 Å². The second-order valence-electron chi connectivity index (χ2n) is 4.55. The third-order valence-corrected chi connectivity index (χ3v) is 2.90. The third-order valence-electron chi connectivity index (χ3n) is 2.40. The fraction of sp³-hybridized carbons (Fsp3) is 0.214. The lowest BCUT2D eigenvalue weighted by atomic mass is 10.3. The van der Waals surface area contributed by atoms with Gasteiger partial charge in [-0.1, -0.05) is 22.0 Å². The van der Waals surface area contributed by atoms with Gasteiger partial charge in [-0.2, -0.15) is 0 Å². The molecule has 0 saturated heterocycles. The van der Waals surface area contributed by atoms with Crippen molar-refractivity contribution < 1.29 is 4.79 Å². The molecule has 0 aliphatic carbocycles. The molecule has 0 spiro atoms. The Morgan fingerprint density at radius 1 is 1.25 bits per heavy atom. The molecule has 2 rings (SSSR count). The molecule has 0 radical (unpaired) electrons. The first-order valence-corrected chi connectivity index (χ1v) is 6.99. The molecule has 1 aromatic heterocycles. The van der Waals surface area contributed by atoms with Crippen LogP contribution in [0, 0.1) is 0 Å². The number of nitrogens with zero attached hydrogens (tertiary/aromatic N) is 2. The maximum Gasteiger partial charge on any atom is 0.275 e. The molecule has 1 aromatic carbocycles. The SMILES string of the molecule is CC(C)Nc1cnc(C(=O)Nc2cccc(Br)c2)cn1. The predicted molar refractivity (Wildman–Crippen MR) is 82.9 cm³/mol. The zero-order chi connectivity index (χ0) is 14.5. The summed E-state index contributed by atoms with van der Waals surface area (Å²) < 4.78 is 0.901. The highest BCUT2D eigenvalue weighted by atomic mass is 79.9. The van der Waals surface area contributed by atoms with E-state index in [1.165, 1.54) is 6.20 Å². The van der Waals surface area contributed by atoms with Crippen molar-refractivity contribution in [1.82, 2.24) is 9.97 Å². The summed E-state index contributed by atoms with van der Waals surface area (Å²) in [5.41, 5.74) is 0.981. The largest absolute Gasteiger partial charge is 0.367 e. The fourth-order valence-corrected chi connectivity index (χ4v) is 1.98. The second kappa shape index (κ2) is 6.47. The van der Waals surface area contributed by atoms with Gasteiger partial charge in [-0.3, -0.25) is 4.79 Å². The van der Waals surface area contributed by atoms with Crippen LogP contribution in [0.3, 0.4) is 0 Å². The Kier molecular flexibility index (Phi) is 4.68. The Bertz CT molecular complexity index is 598. The van der Waals surface area contributed by atoms with E-state index in [4.69, 9.17) is 0 Å². The third kappa shape index (κ3) is 4.03. The van der Waals surface area contributed by atoms with Gasteiger partial charge >= 0.3 is 0 Å². The Morgan fingerprint density at radius 2 is 2.05 bits per heavy atom. The van der Waals surface area contributed by atoms with Gasteiger partial charge in [-0.25, -0.2) is 9.97 Å². The topological polar surface area (TPSA) is 66.9 Å². The average Bonchev–Trinajstić information content (AvgIpc) is 2.38. The molecule has 5 nitrogen and oxygen atoms in total. The van der Waals surface area contributed by atoms with Gasteiger partial charge < -0.3 is 10.6 Å². The number of halogens is 1. The van der Waals surface area contributed by atoms with E-state index in [2.05, 4.69) is 36.5 Å². The smallest absolute Gasteiger partial charge is 0.275 e. The molecule has 6 heteroatoms. The number of carbonyl (C=O) groups excluding carboxylic acids is 1. The summed E-state index contributed by atoms with van der Waals surface area (Å²) in [5, 5.41) is 5.88. The van der Waals surface area contributed by atoms with E-state index in [9.17, 15) is 4.79 Å². The summed E-state index contributed by atoms with van der Waals surface area (Å²) in [6.07, 6.45) is 3.01. The zero-order valence-electron chi connectivity index (χ0n) is 11.2. The van der Waals surface area contributed by atoms with E-state index in [0.717, 1.165) is 4.47 Å². The van der Waals surface area contributed by atoms with Crippen LogP contribution in [0.1, 0.15) is 24.3 Å². The minimum Gasteiger partial charge on any atom is -0.367 e. The quantitative estimate of drug-likeness (QED) is 0.900. The van der Waals surface area contributed by atoms with Gasteiger partial charge in [0.15, 0.2) is 0 Å². The first-order chi connectivity index (χ1) is 9.54. The molecule has 0 aliphatic heterocycles. The lowest BCUT2D eigenvalue weighted by molar-refractivity contribution is 0.102. The van der Waals surface area contributed by atoms with Crippen LogP contribution in [-0.2, 0) is 0 Å². The molecule has 0 unspecified atom stereocenters. The predicted octanol–water partition coefficient (Wildman–Crippen LogP) is 3.31. The molecule has 104 valence electrons. The molecular weight excluding hydrogens is 320 g/mol. The van der Waals surface area contributed by atoms with Gasteiger partial charge in [0, 0.05) is 16.2 Å². The fourth-order valence-electron chi connectivity index (χ4n) is 1.58. The number of rotatable bonds is 4. The normalized spacial score (nSPS) is 10.4. The van der Waals surface area contributed by atoms with E-state index in [-0.39, 0.29) is 17.6 Å². The van der Waals surface area contributed by atoms with Crippen LogP contribution in [0.4, 0.5) is 11.5 Å². The van der Waals surface area contributed by atoms with Gasteiger partial charge in [0.2, 0.25) is 0 Å². The van der Waals surface area contributed by atoms with E-state index in [1.54, 1.807) is 6.20 Å². The summed E-state index contributed by atoms with van der Waals surface area (Å²) in [7, 11) is 0. The molecule has 1 amide bonds. The lowest BCUT2D eigenvalue weighted by Gasteiger charge is -2.09. The van der Waals surface area contributed by atoms with Crippen molar-refractivity contribution >= 4 is 33.3 Å². The van der Waals surface area contributed by atoms with Crippen molar-refractivity contribution in [2.24, 2.45) is 0 Å². The molecule has 1 heterocycles. The van der Waals surface area contributed by atoms with Crippen molar-refractivity contribution in [1.29, 1.82) is 0 Å². The first-order valence-electron chi connectivity index (χ1n) is 6.20. The highest BCUT2D eigenvalue weighted by Crippen LogP contribution is 2.16. The number of nitrogens with one attached hydrogen (secondary N) is 2. The Balaban J connectivity index is 2.06. The molecule has 0 atom stereocenters. The number of hydrogen-bond acceptors (Lipinski definition) is 4. The summed E-state index contributed by atoms with van der Waals surface area (Å²) in [6, 6.07) is 7.64. The maximum absolute atomic E-state index is 12.0. The highest BCUT2D eigenvalue weighted by Gasteiger charge is 2.09. The molecule has 0 bridgehead atoms. The van der Waals surface area contributed by atoms with E-state index >= 15 is 0 Å². The van der Waals surface area contributed by atoms with Crippen molar-refractivity contribution in [2.75, 3.05) is 10.6 Å². The summed E-state index contributed by atoms with van der Waals surface area (Å²) in [6.45, 7) is 4.02. The minimum absolute atomic E-state index is 0.269. The second-order valence-corrected chi connectivity index (χ2v) is 5.47. The van der Waals surface area contributed by atoms with Crippen LogP contribution in [0.25, 0.3) is 0 Å². The standard InChI is InChI=1S/C14H15BrN4O/c1-9(2)18-13-8-16-12(7-17-13)14(20)19-11-5-3-4-10(15)6-11/h3-9H,1-2H3,(H,17,18)(H,19,20). The van der Waals surface area contributed by atoms with Crippen molar-refractivity contribution in [3.05, 3.63) is 46.8 Å². The molecule has 0 aliphatic rings. The Hall–Kier alpha value is -1.95. The van der Waals surface area contributed by atoms with E-state index in [0.29, 0.717) is 11.5 Å². The van der Waals surface area contributed by atoms with Crippen LogP contribution in [0.5, 0.6) is 0 Å². The first kappa shape index (κ1) is 14.5. The Morgan fingerprint density at radius 3 is 2.65 bits per heavy atom. The molecule has 0 fully saturated rings. The van der Waals surface area contributed by atoms with E-state index in [1.807, 2.05) is 38.1 Å². The zero-order valence-corrected chi connectivity index (χ0v) is 12.8. The molecule has 20 heavy (non-hydrogen) atoms. The highest BCUT2D eigenvalue weighted by molar-refractivity contribution is 9.10. The maximum atomic E-state index is 12.0. The number of amides is 1. The van der Waals surface area contributed by atoms with Crippen LogP contribution in [-0.4, -0.2) is 21.9 Å². The van der Waals surface area contributed by atoms with Gasteiger partial charge in [-0.15, -0.1) is 0 Å². The van der Waals surface area contributed by atoms with Gasteiger partial charge in [0.1, 0.15) is 11.5 Å². The van der Waals surface area contributed by atoms with Gasteiger partial charge in [0.05, 0.1) is 12.4 Å². The average molecular weight is 335 g/mol. The number of benzene rings is 1. The summed E-state index contributed by atoms with van der Waals surface area (Å²) in [5.74, 6) is 0.366. The molecule has 0 saturated carbocycles. The number of aromatic nitrogens is 2. The van der Waals surface area contributed by atoms with Crippen molar-refractivity contribution in [3.8, 4) is 0 Å². The molecule has 2 N–H and O–H groups in total. The monoisotopic (exact) mass is 334 g/mol. The van der Waals surface area contributed by atoms with Gasteiger partial charge in [0.25, 0.3) is 5.91 Å². The van der Waals surface area contributed by atoms with Crippen molar-refractivity contribution in [3.63, 3.8) is 0 Å². The summed E-state index contributed by atoms with van der Waals surface area (Å²) >= 11 is 3.35. The van der Waals surface area contributed by atoms with Crippen molar-refractivity contribution in [2.45, 2.75) is 19.9 Å². The number of hydrogen-bond donors (Lipinski definition) is 2. The molecule has 2 aromatic rings. The lowest BCUT2D eigenvalue weighted by Crippen LogP contribution is -2.16. The number of carbonyl (C=O) groups is 1. The molecular formula is C14H15BrN4O.